The maximum atomic E-state index is 13.5. The Morgan fingerprint density at radius 1 is 1.24 bits per heavy atom. The summed E-state index contributed by atoms with van der Waals surface area (Å²) in [7, 11) is 1.94. The predicted octanol–water partition coefficient (Wildman–Crippen LogP) is 3.44. The van der Waals surface area contributed by atoms with Crippen molar-refractivity contribution >= 4 is 40.8 Å². The molecule has 7 nitrogen and oxygen atoms in total. The van der Waals surface area contributed by atoms with E-state index in [0.29, 0.717) is 13.1 Å². The van der Waals surface area contributed by atoms with Gasteiger partial charge in [0.15, 0.2) is 11.8 Å². The number of aliphatic imine (C=N–C) groups is 1. The molecule has 0 saturated carbocycles. The lowest BCUT2D eigenvalue weighted by Crippen LogP contribution is -2.39. The lowest BCUT2D eigenvalue weighted by Gasteiger charge is -2.12. The van der Waals surface area contributed by atoms with Crippen molar-refractivity contribution in [3.63, 3.8) is 0 Å². The molecule has 0 saturated heterocycles. The van der Waals surface area contributed by atoms with Gasteiger partial charge in [0, 0.05) is 37.2 Å². The predicted molar refractivity (Wildman–Crippen MR) is 125 cm³/mol. The van der Waals surface area contributed by atoms with E-state index in [1.54, 1.807) is 12.1 Å². The molecule has 0 unspecified atom stereocenters. The molecule has 0 aliphatic carbocycles. The van der Waals surface area contributed by atoms with Gasteiger partial charge in [-0.3, -0.25) is 0 Å². The van der Waals surface area contributed by atoms with Crippen molar-refractivity contribution in [1.29, 1.82) is 0 Å². The summed E-state index contributed by atoms with van der Waals surface area (Å²) in [6, 6.07) is 4.81. The van der Waals surface area contributed by atoms with Gasteiger partial charge >= 0.3 is 0 Å². The molecule has 0 aliphatic rings. The Labute approximate surface area is 187 Å². The third kappa shape index (κ3) is 6.15. The minimum atomic E-state index is -0.219. The number of rotatable bonds is 8. The Morgan fingerprint density at radius 3 is 2.76 bits per heavy atom. The van der Waals surface area contributed by atoms with Crippen molar-refractivity contribution in [2.45, 2.75) is 39.7 Å². The number of nitrogens with zero attached hydrogens (tertiary/aromatic N) is 4. The number of aryl methyl sites for hydroxylation is 1. The normalized spacial score (nSPS) is 11.5. The molecule has 0 radical (unpaired) electrons. The van der Waals surface area contributed by atoms with E-state index in [0.717, 1.165) is 59.9 Å². The molecule has 1 aromatic carbocycles. The van der Waals surface area contributed by atoms with Crippen LogP contribution in [0.15, 0.2) is 29.4 Å². The summed E-state index contributed by atoms with van der Waals surface area (Å²) in [4.78, 5) is 7.83. The number of H-pyrrole nitrogens is 1. The monoisotopic (exact) mass is 513 g/mol. The van der Waals surface area contributed by atoms with Crippen LogP contribution in [0.4, 0.5) is 4.39 Å². The lowest BCUT2D eigenvalue weighted by atomic mass is 10.1. The van der Waals surface area contributed by atoms with Gasteiger partial charge in [-0.15, -0.1) is 34.2 Å². The minimum absolute atomic E-state index is 0. The maximum absolute atomic E-state index is 13.5. The number of benzene rings is 1. The summed E-state index contributed by atoms with van der Waals surface area (Å²) >= 11 is 0. The molecule has 0 spiro atoms. The number of unbranched alkanes of at least 4 members (excludes halogenated alkanes) is 1. The van der Waals surface area contributed by atoms with Crippen LogP contribution in [0.2, 0.25) is 0 Å². The molecule has 3 N–H and O–H groups in total. The Kier molecular flexibility index (Phi) is 8.87. The van der Waals surface area contributed by atoms with Crippen molar-refractivity contribution in [1.82, 2.24) is 30.4 Å². The highest BCUT2D eigenvalue weighted by Crippen LogP contribution is 2.19. The van der Waals surface area contributed by atoms with Gasteiger partial charge in [-0.05, 0) is 43.5 Å². The van der Waals surface area contributed by atoms with E-state index in [1.165, 1.54) is 6.07 Å². The quantitative estimate of drug-likeness (QED) is 0.187. The maximum Gasteiger partial charge on any atom is 0.191 e. The second kappa shape index (κ2) is 11.1. The molecule has 9 heteroatoms. The van der Waals surface area contributed by atoms with Crippen LogP contribution >= 0.6 is 24.0 Å². The fourth-order valence-electron chi connectivity index (χ4n) is 2.97. The van der Waals surface area contributed by atoms with Gasteiger partial charge in [-0.1, -0.05) is 13.3 Å². The van der Waals surface area contributed by atoms with Gasteiger partial charge in [0.1, 0.15) is 18.2 Å². The van der Waals surface area contributed by atoms with E-state index >= 15 is 0 Å². The number of hydrogen-bond acceptors (Lipinski definition) is 3. The average Bonchev–Trinajstić information content (AvgIpc) is 3.23. The van der Waals surface area contributed by atoms with Crippen LogP contribution in [0.5, 0.6) is 0 Å². The average molecular weight is 513 g/mol. The number of aromatic amines is 1. The first-order valence-electron chi connectivity index (χ1n) is 9.71. The number of guanidine groups is 1. The summed E-state index contributed by atoms with van der Waals surface area (Å²) in [5, 5.41) is 15.9. The standard InChI is InChI=1S/C20H28FN7.HI/c1-4-5-9-22-20(25-13-19-27-26-14(2)28(19)3)23-10-8-15-12-24-18-7-6-16(21)11-17(15)18;/h6-7,11-12,24H,4-5,8-10,13H2,1-3H3,(H2,22,23,25);1H. The Morgan fingerprint density at radius 2 is 2.03 bits per heavy atom. The molecule has 3 aromatic rings. The fraction of sp³-hybridized carbons (Fsp3) is 0.450. The van der Waals surface area contributed by atoms with Gasteiger partial charge in [-0.25, -0.2) is 9.38 Å². The van der Waals surface area contributed by atoms with Gasteiger partial charge in [0.05, 0.1) is 0 Å². The third-order valence-corrected chi connectivity index (χ3v) is 4.80. The second-order valence-electron chi connectivity index (χ2n) is 6.85. The first kappa shape index (κ1) is 23.1. The van der Waals surface area contributed by atoms with Crippen LogP contribution in [-0.2, 0) is 20.0 Å². The topological polar surface area (TPSA) is 82.9 Å². The molecule has 2 aromatic heterocycles. The van der Waals surface area contributed by atoms with E-state index < -0.39 is 0 Å². The van der Waals surface area contributed by atoms with Crippen molar-refractivity contribution in [3.8, 4) is 0 Å². The summed E-state index contributed by atoms with van der Waals surface area (Å²) in [6.07, 6.45) is 4.89. The zero-order chi connectivity index (χ0) is 19.9. The minimum Gasteiger partial charge on any atom is -0.361 e. The zero-order valence-electron chi connectivity index (χ0n) is 17.1. The number of nitrogens with one attached hydrogen (secondary N) is 3. The highest BCUT2D eigenvalue weighted by atomic mass is 127. The first-order valence-corrected chi connectivity index (χ1v) is 9.71. The molecular weight excluding hydrogens is 484 g/mol. The molecule has 0 bridgehead atoms. The molecule has 0 atom stereocenters. The number of halogens is 2. The van der Waals surface area contributed by atoms with Crippen LogP contribution in [0.3, 0.4) is 0 Å². The molecule has 29 heavy (non-hydrogen) atoms. The van der Waals surface area contributed by atoms with Crippen LogP contribution in [0, 0.1) is 12.7 Å². The van der Waals surface area contributed by atoms with Crippen molar-refractivity contribution in [2.75, 3.05) is 13.1 Å². The summed E-state index contributed by atoms with van der Waals surface area (Å²) in [5.74, 6) is 2.22. The Hall–Kier alpha value is -2.17. The van der Waals surface area contributed by atoms with E-state index in [2.05, 4.69) is 37.7 Å². The Bertz CT molecular complexity index is 948. The molecule has 158 valence electrons. The van der Waals surface area contributed by atoms with Gasteiger partial charge in [0.2, 0.25) is 0 Å². The lowest BCUT2D eigenvalue weighted by molar-refractivity contribution is 0.629. The summed E-state index contributed by atoms with van der Waals surface area (Å²) < 4.78 is 15.5. The third-order valence-electron chi connectivity index (χ3n) is 4.80. The van der Waals surface area contributed by atoms with Crippen LogP contribution in [0.25, 0.3) is 10.9 Å². The van der Waals surface area contributed by atoms with E-state index in [1.807, 2.05) is 24.7 Å². The molecule has 2 heterocycles. The van der Waals surface area contributed by atoms with Crippen molar-refractivity contribution in [2.24, 2.45) is 12.0 Å². The highest BCUT2D eigenvalue weighted by molar-refractivity contribution is 14.0. The van der Waals surface area contributed by atoms with Crippen molar-refractivity contribution in [3.05, 3.63) is 47.4 Å². The molecule has 0 aliphatic heterocycles. The van der Waals surface area contributed by atoms with E-state index in [-0.39, 0.29) is 29.8 Å². The zero-order valence-corrected chi connectivity index (χ0v) is 19.5. The summed E-state index contributed by atoms with van der Waals surface area (Å²) in [6.45, 7) is 6.09. The number of aromatic nitrogens is 4. The van der Waals surface area contributed by atoms with Crippen LogP contribution < -0.4 is 10.6 Å². The smallest absolute Gasteiger partial charge is 0.191 e. The van der Waals surface area contributed by atoms with E-state index in [9.17, 15) is 4.39 Å². The highest BCUT2D eigenvalue weighted by Gasteiger charge is 2.07. The van der Waals surface area contributed by atoms with Gasteiger partial charge in [-0.2, -0.15) is 0 Å². The van der Waals surface area contributed by atoms with Gasteiger partial charge in [0.25, 0.3) is 0 Å². The largest absolute Gasteiger partial charge is 0.361 e. The van der Waals surface area contributed by atoms with Crippen LogP contribution in [0.1, 0.15) is 37.0 Å². The molecule has 3 rings (SSSR count). The number of hydrogen-bond donors (Lipinski definition) is 3. The van der Waals surface area contributed by atoms with Crippen molar-refractivity contribution < 1.29 is 4.39 Å². The van der Waals surface area contributed by atoms with Crippen LogP contribution in [-0.4, -0.2) is 38.8 Å². The SMILES string of the molecule is CCCCNC(=NCc1nnc(C)n1C)NCCc1c[nH]c2ccc(F)cc12.I. The first-order chi connectivity index (χ1) is 13.6. The molecular formula is C20H29FIN7. The Balaban J connectivity index is 0.00000300. The second-order valence-corrected chi connectivity index (χ2v) is 6.85. The summed E-state index contributed by atoms with van der Waals surface area (Å²) in [5.41, 5.74) is 2.03. The van der Waals surface area contributed by atoms with Gasteiger partial charge < -0.3 is 20.2 Å². The molecule has 0 amide bonds. The fourth-order valence-corrected chi connectivity index (χ4v) is 2.97. The number of fused-ring (bicyclic) bond motifs is 1. The molecule has 0 fully saturated rings. The van der Waals surface area contributed by atoms with E-state index in [4.69, 9.17) is 0 Å².